The first-order valence-corrected chi connectivity index (χ1v) is 5.30. The Morgan fingerprint density at radius 2 is 2.19 bits per heavy atom. The van der Waals surface area contributed by atoms with Gasteiger partial charge in [0, 0.05) is 13.0 Å². The molecule has 90 valence electrons. The molecule has 0 atom stereocenters. The molecule has 0 aliphatic heterocycles. The number of anilines is 2. The second kappa shape index (κ2) is 5.30. The van der Waals surface area contributed by atoms with Crippen LogP contribution < -0.4 is 11.1 Å². The van der Waals surface area contributed by atoms with Crippen LogP contribution in [0.3, 0.4) is 0 Å². The number of hydrogen-bond donors (Lipinski definition) is 2. The maximum atomic E-state index is 12.5. The van der Waals surface area contributed by atoms with Crippen LogP contribution in [0.4, 0.5) is 20.3 Å². The van der Waals surface area contributed by atoms with Crippen molar-refractivity contribution in [3.63, 3.8) is 0 Å². The van der Waals surface area contributed by atoms with E-state index in [2.05, 4.69) is 10.3 Å². The molecule has 0 saturated heterocycles. The van der Waals surface area contributed by atoms with Gasteiger partial charge in [-0.05, 0) is 25.5 Å². The van der Waals surface area contributed by atoms with Crippen molar-refractivity contribution in [1.82, 2.24) is 4.98 Å². The molecule has 0 bridgehead atoms. The van der Waals surface area contributed by atoms with Gasteiger partial charge in [-0.15, -0.1) is 0 Å². The molecule has 1 aromatic heterocycles. The Bertz CT molecular complexity index is 352. The maximum absolute atomic E-state index is 12.5. The lowest BCUT2D eigenvalue weighted by Gasteiger charge is -2.11. The van der Waals surface area contributed by atoms with Gasteiger partial charge in [0.25, 0.3) is 0 Å². The predicted octanol–water partition coefficient (Wildman–Crippen LogP) is 3.16. The van der Waals surface area contributed by atoms with Crippen molar-refractivity contribution in [2.75, 3.05) is 17.6 Å². The van der Waals surface area contributed by atoms with Crippen molar-refractivity contribution in [1.29, 1.82) is 0 Å². The third-order valence-corrected chi connectivity index (χ3v) is 2.21. The van der Waals surface area contributed by atoms with Crippen molar-refractivity contribution in [3.05, 3.63) is 17.3 Å². The van der Waals surface area contributed by atoms with Crippen molar-refractivity contribution in [2.45, 2.75) is 25.7 Å². The van der Waals surface area contributed by atoms with Crippen molar-refractivity contribution >= 4 is 23.1 Å². The van der Waals surface area contributed by atoms with E-state index in [0.717, 1.165) is 6.92 Å². The third-order valence-electron chi connectivity index (χ3n) is 2.00. The first-order chi connectivity index (χ1) is 7.38. The fraction of sp³-hybridized carbons (Fsp3) is 0.500. The second-order valence-electron chi connectivity index (χ2n) is 3.67. The topological polar surface area (TPSA) is 50.9 Å². The molecule has 0 aliphatic carbocycles. The lowest BCUT2D eigenvalue weighted by atomic mass is 10.2. The van der Waals surface area contributed by atoms with E-state index in [0.29, 0.717) is 23.8 Å². The number of rotatable bonds is 5. The lowest BCUT2D eigenvalue weighted by molar-refractivity contribution is 0.0119. The van der Waals surface area contributed by atoms with Crippen LogP contribution in [0, 0.1) is 0 Å². The van der Waals surface area contributed by atoms with Gasteiger partial charge in [-0.25, -0.2) is 13.8 Å². The molecule has 0 spiro atoms. The summed E-state index contributed by atoms with van der Waals surface area (Å²) in [5, 5.41) is 3.24. The molecule has 0 fully saturated rings. The summed E-state index contributed by atoms with van der Waals surface area (Å²) in [6, 6.07) is 3.27. The minimum absolute atomic E-state index is 0.152. The number of nitrogens with zero attached hydrogens (tertiary/aromatic N) is 1. The number of hydrogen-bond acceptors (Lipinski definition) is 3. The zero-order valence-corrected chi connectivity index (χ0v) is 9.69. The van der Waals surface area contributed by atoms with E-state index in [-0.39, 0.29) is 12.2 Å². The van der Waals surface area contributed by atoms with Gasteiger partial charge < -0.3 is 11.1 Å². The van der Waals surface area contributed by atoms with Crippen LogP contribution in [0.15, 0.2) is 12.1 Å². The van der Waals surface area contributed by atoms with Gasteiger partial charge in [0.2, 0.25) is 5.92 Å². The summed E-state index contributed by atoms with van der Waals surface area (Å²) < 4.78 is 25.0. The Morgan fingerprint density at radius 3 is 2.75 bits per heavy atom. The van der Waals surface area contributed by atoms with E-state index in [4.69, 9.17) is 17.3 Å². The molecule has 1 aromatic rings. The second-order valence-corrected chi connectivity index (χ2v) is 4.05. The highest BCUT2D eigenvalue weighted by Gasteiger charge is 2.19. The van der Waals surface area contributed by atoms with Gasteiger partial charge >= 0.3 is 0 Å². The molecule has 0 aromatic carbocycles. The Morgan fingerprint density at radius 1 is 1.50 bits per heavy atom. The molecule has 0 aliphatic rings. The molecule has 16 heavy (non-hydrogen) atoms. The number of alkyl halides is 2. The van der Waals surface area contributed by atoms with Gasteiger partial charge in [-0.2, -0.15) is 0 Å². The molecule has 6 heteroatoms. The first kappa shape index (κ1) is 13.0. The fourth-order valence-corrected chi connectivity index (χ4v) is 1.38. The zero-order valence-electron chi connectivity index (χ0n) is 8.93. The molecule has 0 radical (unpaired) electrons. The zero-order chi connectivity index (χ0) is 12.2. The summed E-state index contributed by atoms with van der Waals surface area (Å²) in [6.07, 6.45) is 0.215. The van der Waals surface area contributed by atoms with Crippen molar-refractivity contribution in [3.8, 4) is 0 Å². The van der Waals surface area contributed by atoms with E-state index in [1.165, 1.54) is 0 Å². The molecule has 1 heterocycles. The Labute approximate surface area is 98.0 Å². The number of halogens is 3. The molecule has 0 saturated carbocycles. The van der Waals surface area contributed by atoms with Crippen LogP contribution >= 0.6 is 11.6 Å². The molecule has 3 nitrogen and oxygen atoms in total. The summed E-state index contributed by atoms with van der Waals surface area (Å²) in [6.45, 7) is 1.34. The summed E-state index contributed by atoms with van der Waals surface area (Å²) in [5.74, 6) is -2.35. The van der Waals surface area contributed by atoms with Gasteiger partial charge in [0.1, 0.15) is 11.0 Å². The van der Waals surface area contributed by atoms with Crippen LogP contribution in [-0.2, 0) is 0 Å². The normalized spacial score (nSPS) is 11.5. The van der Waals surface area contributed by atoms with Crippen LogP contribution in [0.5, 0.6) is 0 Å². The molecule has 1 rings (SSSR count). The van der Waals surface area contributed by atoms with Gasteiger partial charge in [-0.1, -0.05) is 11.6 Å². The van der Waals surface area contributed by atoms with E-state index < -0.39 is 5.92 Å². The lowest BCUT2D eigenvalue weighted by Crippen LogP contribution is -2.13. The summed E-state index contributed by atoms with van der Waals surface area (Å²) >= 11 is 5.62. The molecular weight excluding hydrogens is 236 g/mol. The van der Waals surface area contributed by atoms with Gasteiger partial charge in [0.15, 0.2) is 0 Å². The highest BCUT2D eigenvalue weighted by molar-refractivity contribution is 6.29. The minimum Gasteiger partial charge on any atom is -0.382 e. The molecule has 0 unspecified atom stereocenters. The number of aromatic nitrogens is 1. The first-order valence-electron chi connectivity index (χ1n) is 4.92. The van der Waals surface area contributed by atoms with Crippen LogP contribution in [0.25, 0.3) is 0 Å². The van der Waals surface area contributed by atoms with Crippen LogP contribution in [0.2, 0.25) is 5.15 Å². The number of nitrogens with two attached hydrogens (primary N) is 1. The Hall–Kier alpha value is -1.10. The quantitative estimate of drug-likeness (QED) is 0.623. The average Bonchev–Trinajstić information content (AvgIpc) is 2.13. The summed E-state index contributed by atoms with van der Waals surface area (Å²) in [4.78, 5) is 3.83. The van der Waals surface area contributed by atoms with Crippen LogP contribution in [-0.4, -0.2) is 17.5 Å². The fourth-order valence-electron chi connectivity index (χ4n) is 1.22. The predicted molar refractivity (Wildman–Crippen MR) is 62.0 cm³/mol. The molecule has 0 amide bonds. The maximum Gasteiger partial charge on any atom is 0.245 e. The highest BCUT2D eigenvalue weighted by atomic mass is 35.5. The van der Waals surface area contributed by atoms with Crippen molar-refractivity contribution < 1.29 is 8.78 Å². The molecular formula is C10H14ClF2N3. The SMILES string of the molecule is CC(F)(F)CCCNc1ccc(Cl)nc1N. The summed E-state index contributed by atoms with van der Waals surface area (Å²) in [7, 11) is 0. The standard InChI is InChI=1S/C10H14ClF2N3/c1-10(12,13)5-2-6-15-7-3-4-8(11)16-9(7)14/h3-4,15H,2,5-6H2,1H3,(H2,14,16). The number of nitrogen functional groups attached to an aromatic ring is 1. The van der Waals surface area contributed by atoms with E-state index in [1.54, 1.807) is 12.1 Å². The number of nitrogens with one attached hydrogen (secondary N) is 1. The smallest absolute Gasteiger partial charge is 0.245 e. The Balaban J connectivity index is 2.38. The summed E-state index contributed by atoms with van der Waals surface area (Å²) in [5.41, 5.74) is 6.20. The van der Waals surface area contributed by atoms with E-state index >= 15 is 0 Å². The highest BCUT2D eigenvalue weighted by Crippen LogP contribution is 2.21. The minimum atomic E-state index is -2.62. The van der Waals surface area contributed by atoms with Gasteiger partial charge in [-0.3, -0.25) is 0 Å². The Kier molecular flexibility index (Phi) is 4.29. The van der Waals surface area contributed by atoms with Crippen LogP contribution in [0.1, 0.15) is 19.8 Å². The van der Waals surface area contributed by atoms with E-state index in [9.17, 15) is 8.78 Å². The largest absolute Gasteiger partial charge is 0.382 e. The third kappa shape index (κ3) is 4.61. The average molecular weight is 250 g/mol. The number of pyridine rings is 1. The van der Waals surface area contributed by atoms with Crippen molar-refractivity contribution in [2.24, 2.45) is 0 Å². The monoisotopic (exact) mass is 249 g/mol. The van der Waals surface area contributed by atoms with E-state index in [1.807, 2.05) is 0 Å². The van der Waals surface area contributed by atoms with Gasteiger partial charge in [0.05, 0.1) is 5.69 Å². The molecule has 3 N–H and O–H groups in total.